The van der Waals surface area contributed by atoms with Gasteiger partial charge in [0, 0.05) is 12.8 Å². The Labute approximate surface area is 151 Å². The quantitative estimate of drug-likeness (QED) is 0.597. The Hall–Kier alpha value is -0.0800. The summed E-state index contributed by atoms with van der Waals surface area (Å²) in [7, 11) is 0. The van der Waals surface area contributed by atoms with Gasteiger partial charge in [-0.3, -0.25) is 0 Å². The molecule has 0 bridgehead atoms. The van der Waals surface area contributed by atoms with Gasteiger partial charge in [-0.1, -0.05) is 70.6 Å². The van der Waals surface area contributed by atoms with Gasteiger partial charge >= 0.3 is 0 Å². The van der Waals surface area contributed by atoms with Crippen LogP contribution >= 0.6 is 0 Å². The summed E-state index contributed by atoms with van der Waals surface area (Å²) in [4.78, 5) is 0. The molecular formula is C22H44NO+. The van der Waals surface area contributed by atoms with Gasteiger partial charge in [0.05, 0.1) is 26.2 Å². The smallest absolute Gasteiger partial charge is 0.113 e. The minimum atomic E-state index is 0.417. The number of rotatable bonds is 1. The molecule has 0 amide bonds. The molecule has 0 aromatic heterocycles. The monoisotopic (exact) mass is 338 g/mol. The largest absolute Gasteiger partial charge is 0.390 e. The molecule has 24 heavy (non-hydrogen) atoms. The minimum absolute atomic E-state index is 0.417. The molecule has 0 saturated carbocycles. The molecule has 0 aromatic carbocycles. The highest BCUT2D eigenvalue weighted by Crippen LogP contribution is 2.29. The third-order valence-electron chi connectivity index (χ3n) is 6.83. The molecule has 0 aliphatic carbocycles. The lowest BCUT2D eigenvalue weighted by Gasteiger charge is -2.40. The Morgan fingerprint density at radius 1 is 0.500 bits per heavy atom. The lowest BCUT2D eigenvalue weighted by Crippen LogP contribution is -2.54. The predicted octanol–water partition coefficient (Wildman–Crippen LogP) is 5.82. The number of quaternary nitrogens is 1. The van der Waals surface area contributed by atoms with Crippen LogP contribution in [-0.2, 0) is 0 Å². The van der Waals surface area contributed by atoms with Crippen LogP contribution < -0.4 is 0 Å². The highest BCUT2D eigenvalue weighted by molar-refractivity contribution is 4.68. The number of nitrogens with zero attached hydrogens (tertiary/aromatic N) is 1. The number of aliphatic hydroxyl groups excluding tert-OH is 1. The van der Waals surface area contributed by atoms with E-state index in [0.29, 0.717) is 12.6 Å². The first kappa shape index (κ1) is 20.2. The van der Waals surface area contributed by atoms with Gasteiger partial charge in [-0.05, 0) is 25.7 Å². The molecule has 0 aromatic rings. The SMILES string of the molecule is OCC1CCC[N+]12CCCCCCCCCCCCCCCCC2. The normalized spacial score (nSPS) is 29.1. The summed E-state index contributed by atoms with van der Waals surface area (Å²) in [6.07, 6.45) is 24.2. The highest BCUT2D eigenvalue weighted by Gasteiger charge is 2.40. The lowest BCUT2D eigenvalue weighted by molar-refractivity contribution is -0.940. The summed E-state index contributed by atoms with van der Waals surface area (Å²) in [5.74, 6) is 0. The Balaban J connectivity index is 1.79. The third-order valence-corrected chi connectivity index (χ3v) is 6.83. The van der Waals surface area contributed by atoms with Gasteiger partial charge in [-0.2, -0.15) is 0 Å². The highest BCUT2D eigenvalue weighted by atomic mass is 16.3. The second-order valence-corrected chi connectivity index (χ2v) is 8.67. The average Bonchev–Trinajstić information content (AvgIpc) is 3.00. The summed E-state index contributed by atoms with van der Waals surface area (Å²) in [6, 6.07) is 0.551. The maximum atomic E-state index is 9.86. The zero-order valence-electron chi connectivity index (χ0n) is 16.3. The van der Waals surface area contributed by atoms with Crippen molar-refractivity contribution in [1.29, 1.82) is 0 Å². The number of aliphatic hydroxyl groups is 1. The van der Waals surface area contributed by atoms with Gasteiger partial charge in [-0.15, -0.1) is 0 Å². The van der Waals surface area contributed by atoms with Crippen molar-refractivity contribution < 1.29 is 9.59 Å². The van der Waals surface area contributed by atoms with Crippen molar-refractivity contribution in [3.05, 3.63) is 0 Å². The molecule has 2 saturated heterocycles. The molecule has 2 nitrogen and oxygen atoms in total. The van der Waals surface area contributed by atoms with Gasteiger partial charge in [0.25, 0.3) is 0 Å². The van der Waals surface area contributed by atoms with Crippen LogP contribution in [0.1, 0.15) is 109 Å². The maximum Gasteiger partial charge on any atom is 0.113 e. The predicted molar refractivity (Wildman–Crippen MR) is 104 cm³/mol. The molecular weight excluding hydrogens is 294 g/mol. The van der Waals surface area contributed by atoms with Crippen LogP contribution in [0.3, 0.4) is 0 Å². The molecule has 1 N–H and O–H groups in total. The molecule has 2 rings (SSSR count). The molecule has 142 valence electrons. The lowest BCUT2D eigenvalue weighted by atomic mass is 10.0. The van der Waals surface area contributed by atoms with E-state index >= 15 is 0 Å². The zero-order valence-corrected chi connectivity index (χ0v) is 16.3. The van der Waals surface area contributed by atoms with E-state index in [4.69, 9.17) is 0 Å². The maximum absolute atomic E-state index is 9.86. The fourth-order valence-corrected chi connectivity index (χ4v) is 5.21. The molecule has 0 radical (unpaired) electrons. The van der Waals surface area contributed by atoms with Crippen LogP contribution in [0.4, 0.5) is 0 Å². The summed E-state index contributed by atoms with van der Waals surface area (Å²) in [5.41, 5.74) is 0. The molecule has 2 aliphatic rings. The fourth-order valence-electron chi connectivity index (χ4n) is 5.21. The Kier molecular flexibility index (Phi) is 10.4. The van der Waals surface area contributed by atoms with Gasteiger partial charge in [0.2, 0.25) is 0 Å². The van der Waals surface area contributed by atoms with Gasteiger partial charge in [-0.25, -0.2) is 0 Å². The summed E-state index contributed by atoms with van der Waals surface area (Å²) in [6.45, 7) is 4.43. The van der Waals surface area contributed by atoms with E-state index in [1.54, 1.807) is 0 Å². The van der Waals surface area contributed by atoms with Crippen LogP contribution in [0.2, 0.25) is 0 Å². The van der Waals surface area contributed by atoms with Gasteiger partial charge < -0.3 is 9.59 Å². The molecule has 2 fully saturated rings. The number of hydrogen-bond donors (Lipinski definition) is 1. The second kappa shape index (κ2) is 12.3. The first-order valence-corrected chi connectivity index (χ1v) is 11.3. The summed E-state index contributed by atoms with van der Waals surface area (Å²) >= 11 is 0. The van der Waals surface area contributed by atoms with Crippen LogP contribution in [0.5, 0.6) is 0 Å². The molecule has 1 unspecified atom stereocenters. The van der Waals surface area contributed by atoms with Crippen LogP contribution in [0, 0.1) is 0 Å². The summed E-state index contributed by atoms with van der Waals surface area (Å²) < 4.78 is 1.26. The first-order chi connectivity index (χ1) is 11.9. The van der Waals surface area contributed by atoms with Crippen LogP contribution in [-0.4, -0.2) is 41.9 Å². The van der Waals surface area contributed by atoms with E-state index in [2.05, 4.69) is 0 Å². The van der Waals surface area contributed by atoms with Crippen molar-refractivity contribution in [2.45, 2.75) is 115 Å². The average molecular weight is 339 g/mol. The van der Waals surface area contributed by atoms with E-state index in [1.165, 1.54) is 133 Å². The second-order valence-electron chi connectivity index (χ2n) is 8.67. The minimum Gasteiger partial charge on any atom is -0.390 e. The standard InChI is InChI=1S/C22H44NO/c24-21-22-17-16-20-23(22)18-14-12-10-8-6-4-2-1-3-5-7-9-11-13-15-19-23/h22,24H,1-21H2/q+1. The van der Waals surface area contributed by atoms with E-state index in [9.17, 15) is 5.11 Å². The van der Waals surface area contributed by atoms with E-state index in [1.807, 2.05) is 0 Å². The molecule has 2 aliphatic heterocycles. The molecule has 1 atom stereocenters. The van der Waals surface area contributed by atoms with Crippen molar-refractivity contribution >= 4 is 0 Å². The Bertz CT molecular complexity index is 286. The topological polar surface area (TPSA) is 20.2 Å². The first-order valence-electron chi connectivity index (χ1n) is 11.3. The van der Waals surface area contributed by atoms with Crippen molar-refractivity contribution in [3.63, 3.8) is 0 Å². The van der Waals surface area contributed by atoms with E-state index < -0.39 is 0 Å². The Morgan fingerprint density at radius 2 is 0.833 bits per heavy atom. The van der Waals surface area contributed by atoms with Crippen molar-refractivity contribution in [2.24, 2.45) is 0 Å². The van der Waals surface area contributed by atoms with E-state index in [-0.39, 0.29) is 0 Å². The zero-order chi connectivity index (χ0) is 16.9. The van der Waals surface area contributed by atoms with Crippen LogP contribution in [0.15, 0.2) is 0 Å². The van der Waals surface area contributed by atoms with Crippen molar-refractivity contribution in [3.8, 4) is 0 Å². The van der Waals surface area contributed by atoms with Gasteiger partial charge in [0.15, 0.2) is 0 Å². The van der Waals surface area contributed by atoms with E-state index in [0.717, 1.165) is 0 Å². The third kappa shape index (κ3) is 7.04. The fraction of sp³-hybridized carbons (Fsp3) is 1.00. The Morgan fingerprint density at radius 3 is 1.21 bits per heavy atom. The molecule has 2 heteroatoms. The molecule has 1 spiro atoms. The van der Waals surface area contributed by atoms with Crippen LogP contribution in [0.25, 0.3) is 0 Å². The van der Waals surface area contributed by atoms with Crippen molar-refractivity contribution in [1.82, 2.24) is 0 Å². The van der Waals surface area contributed by atoms with Crippen molar-refractivity contribution in [2.75, 3.05) is 26.2 Å². The number of hydrogen-bond acceptors (Lipinski definition) is 1. The van der Waals surface area contributed by atoms with Gasteiger partial charge in [0.1, 0.15) is 6.04 Å². The molecule has 2 heterocycles. The summed E-state index contributed by atoms with van der Waals surface area (Å²) in [5, 5.41) is 9.86.